The Morgan fingerprint density at radius 3 is 2.79 bits per heavy atom. The zero-order valence-electron chi connectivity index (χ0n) is 19.4. The van der Waals surface area contributed by atoms with Gasteiger partial charge in [0.15, 0.2) is 0 Å². The predicted molar refractivity (Wildman–Crippen MR) is 129 cm³/mol. The van der Waals surface area contributed by atoms with Crippen molar-refractivity contribution >= 4 is 41.0 Å². The highest BCUT2D eigenvalue weighted by molar-refractivity contribution is 8.04. The number of thioether (sulfide) groups is 1. The van der Waals surface area contributed by atoms with Crippen LogP contribution in [0, 0.1) is 5.92 Å². The second-order valence-electron chi connectivity index (χ2n) is 8.85. The van der Waals surface area contributed by atoms with E-state index in [1.54, 1.807) is 0 Å². The van der Waals surface area contributed by atoms with E-state index in [0.29, 0.717) is 11.2 Å². The Balaban J connectivity index is 1.35. The number of likely N-dealkylation sites (N-methyl/N-ethyl adjacent to an activating group) is 1. The maximum atomic E-state index is 12.0. The number of esters is 1. The van der Waals surface area contributed by atoms with Gasteiger partial charge in [-0.2, -0.15) is 0 Å². The van der Waals surface area contributed by atoms with Crippen molar-refractivity contribution in [3.05, 3.63) is 35.2 Å². The quantitative estimate of drug-likeness (QED) is 0.385. The first-order chi connectivity index (χ1) is 15.8. The Hall–Kier alpha value is -2.72. The van der Waals surface area contributed by atoms with Crippen LogP contribution in [0.15, 0.2) is 40.2 Å². The van der Waals surface area contributed by atoms with Crippen molar-refractivity contribution in [3.63, 3.8) is 0 Å². The SMILES string of the molecule is CC(=O)OCCNC(=O)OC[N+]1(C)CCN(C2=Nc3ccccc3NC3SC(C)=CC23)CC1. The van der Waals surface area contributed by atoms with Crippen molar-refractivity contribution in [1.82, 2.24) is 10.2 Å². The van der Waals surface area contributed by atoms with E-state index >= 15 is 0 Å². The first kappa shape index (κ1) is 23.4. The molecule has 0 saturated carbocycles. The molecule has 2 unspecified atom stereocenters. The minimum Gasteiger partial charge on any atom is -0.464 e. The van der Waals surface area contributed by atoms with E-state index in [1.807, 2.05) is 23.9 Å². The number of carbonyl (C=O) groups is 2. The zero-order chi connectivity index (χ0) is 23.4. The van der Waals surface area contributed by atoms with E-state index in [-0.39, 0.29) is 30.4 Å². The van der Waals surface area contributed by atoms with E-state index < -0.39 is 6.09 Å². The van der Waals surface area contributed by atoms with Crippen molar-refractivity contribution in [2.45, 2.75) is 19.2 Å². The number of ether oxygens (including phenoxy) is 2. The second kappa shape index (κ2) is 10.0. The summed E-state index contributed by atoms with van der Waals surface area (Å²) in [6.07, 6.45) is 1.82. The molecule has 1 aromatic rings. The summed E-state index contributed by atoms with van der Waals surface area (Å²) in [5, 5.41) is 6.52. The topological polar surface area (TPSA) is 92.3 Å². The van der Waals surface area contributed by atoms with Crippen LogP contribution in [0.25, 0.3) is 0 Å². The van der Waals surface area contributed by atoms with E-state index in [4.69, 9.17) is 14.5 Å². The second-order valence-corrected chi connectivity index (χ2v) is 10.2. The van der Waals surface area contributed by atoms with Gasteiger partial charge in [-0.05, 0) is 24.0 Å². The van der Waals surface area contributed by atoms with Crippen LogP contribution >= 0.6 is 11.8 Å². The van der Waals surface area contributed by atoms with Gasteiger partial charge in [-0.15, -0.1) is 11.8 Å². The van der Waals surface area contributed by atoms with Crippen LogP contribution in [-0.2, 0) is 14.3 Å². The molecule has 0 radical (unpaired) electrons. The van der Waals surface area contributed by atoms with Crippen LogP contribution in [0.2, 0.25) is 0 Å². The third-order valence-electron chi connectivity index (χ3n) is 6.12. The fraction of sp³-hybridized carbons (Fsp3) is 0.522. The van der Waals surface area contributed by atoms with Crippen molar-refractivity contribution in [1.29, 1.82) is 0 Å². The summed E-state index contributed by atoms with van der Waals surface area (Å²) in [6.45, 7) is 7.55. The van der Waals surface area contributed by atoms with Gasteiger partial charge in [0.1, 0.15) is 12.4 Å². The summed E-state index contributed by atoms with van der Waals surface area (Å²) in [5.41, 5.74) is 2.05. The van der Waals surface area contributed by atoms with Gasteiger partial charge in [0.2, 0.25) is 6.73 Å². The van der Waals surface area contributed by atoms with E-state index in [0.717, 1.165) is 43.4 Å². The molecule has 0 spiro atoms. The molecule has 10 heteroatoms. The van der Waals surface area contributed by atoms with Gasteiger partial charge in [-0.25, -0.2) is 9.79 Å². The summed E-state index contributed by atoms with van der Waals surface area (Å²) in [5.74, 6) is 0.961. The lowest BCUT2D eigenvalue weighted by molar-refractivity contribution is -0.928. The number of piperazine rings is 1. The molecule has 3 aliphatic rings. The average Bonchev–Trinajstić information content (AvgIpc) is 3.07. The zero-order valence-corrected chi connectivity index (χ0v) is 20.2. The molecule has 2 atom stereocenters. The summed E-state index contributed by atoms with van der Waals surface area (Å²) >= 11 is 1.86. The third-order valence-corrected chi connectivity index (χ3v) is 7.29. The van der Waals surface area contributed by atoms with Crippen LogP contribution in [0.5, 0.6) is 0 Å². The number of anilines is 1. The lowest BCUT2D eigenvalue weighted by atomic mass is 10.1. The van der Waals surface area contributed by atoms with Gasteiger partial charge in [0.05, 0.1) is 62.4 Å². The number of nitrogens with zero attached hydrogens (tertiary/aromatic N) is 3. The first-order valence-corrected chi connectivity index (χ1v) is 12.1. The summed E-state index contributed by atoms with van der Waals surface area (Å²) in [6, 6.07) is 8.21. The molecule has 1 saturated heterocycles. The number of quaternary nitrogens is 1. The van der Waals surface area contributed by atoms with Crippen molar-refractivity contribution in [3.8, 4) is 0 Å². The molecule has 0 aromatic heterocycles. The summed E-state index contributed by atoms with van der Waals surface area (Å²) in [4.78, 5) is 31.5. The number of amidine groups is 1. The minimum absolute atomic E-state index is 0.139. The molecule has 3 aliphatic heterocycles. The highest BCUT2D eigenvalue weighted by Crippen LogP contribution is 2.42. The van der Waals surface area contributed by atoms with Crippen LogP contribution < -0.4 is 10.6 Å². The highest BCUT2D eigenvalue weighted by atomic mass is 32.2. The lowest BCUT2D eigenvalue weighted by Gasteiger charge is -2.43. The normalized spacial score (nSPS) is 23.2. The Bertz CT molecular complexity index is 958. The smallest absolute Gasteiger partial charge is 0.411 e. The highest BCUT2D eigenvalue weighted by Gasteiger charge is 2.39. The van der Waals surface area contributed by atoms with Crippen molar-refractivity contribution < 1.29 is 23.5 Å². The Labute approximate surface area is 198 Å². The van der Waals surface area contributed by atoms with Gasteiger partial charge >= 0.3 is 12.1 Å². The van der Waals surface area contributed by atoms with Gasteiger partial charge in [-0.1, -0.05) is 18.2 Å². The summed E-state index contributed by atoms with van der Waals surface area (Å²) < 4.78 is 10.9. The molecule has 1 amide bonds. The van der Waals surface area contributed by atoms with E-state index in [2.05, 4.69) is 47.7 Å². The van der Waals surface area contributed by atoms with Crippen LogP contribution in [0.1, 0.15) is 13.8 Å². The number of amides is 1. The van der Waals surface area contributed by atoms with Gasteiger partial charge < -0.3 is 25.0 Å². The molecule has 0 aliphatic carbocycles. The van der Waals surface area contributed by atoms with Crippen LogP contribution in [-0.4, -0.2) is 85.8 Å². The molecular formula is C23H32N5O4S+. The molecular weight excluding hydrogens is 442 g/mol. The minimum atomic E-state index is -0.494. The summed E-state index contributed by atoms with van der Waals surface area (Å²) in [7, 11) is 2.10. The van der Waals surface area contributed by atoms with Gasteiger partial charge in [-0.3, -0.25) is 9.28 Å². The predicted octanol–water partition coefficient (Wildman–Crippen LogP) is 2.74. The van der Waals surface area contributed by atoms with E-state index in [1.165, 1.54) is 11.8 Å². The Morgan fingerprint density at radius 1 is 1.27 bits per heavy atom. The van der Waals surface area contributed by atoms with Gasteiger partial charge in [0, 0.05) is 6.92 Å². The molecule has 178 valence electrons. The van der Waals surface area contributed by atoms with Gasteiger partial charge in [0.25, 0.3) is 0 Å². The standard InChI is InChI=1S/C23H31N5O4S/c1-16-14-18-21(25-19-6-4-5-7-20(19)26-22(18)33-16)27-9-11-28(3,12-10-27)15-32-23(30)24-8-13-31-17(2)29/h4-7,14,18,22,26H,8-13,15H2,1-3H3/p+1. The number of hydrogen-bond acceptors (Lipinski definition) is 8. The van der Waals surface area contributed by atoms with Crippen LogP contribution in [0.4, 0.5) is 16.2 Å². The maximum absolute atomic E-state index is 12.0. The molecule has 2 N–H and O–H groups in total. The van der Waals surface area contributed by atoms with Crippen LogP contribution in [0.3, 0.4) is 0 Å². The van der Waals surface area contributed by atoms with Crippen molar-refractivity contribution in [2.24, 2.45) is 10.9 Å². The molecule has 33 heavy (non-hydrogen) atoms. The van der Waals surface area contributed by atoms with E-state index in [9.17, 15) is 9.59 Å². The number of allylic oxidation sites excluding steroid dienone is 1. The molecule has 3 heterocycles. The number of nitrogens with one attached hydrogen (secondary N) is 2. The number of rotatable bonds is 5. The number of alkyl carbamates (subject to hydrolysis) is 1. The van der Waals surface area contributed by atoms with Crippen molar-refractivity contribution in [2.75, 3.05) is 58.4 Å². The maximum Gasteiger partial charge on any atom is 0.411 e. The number of aliphatic imine (C=N–C) groups is 1. The molecule has 9 nitrogen and oxygen atoms in total. The molecule has 1 aromatic carbocycles. The number of para-hydroxylation sites is 2. The Morgan fingerprint density at radius 2 is 2.03 bits per heavy atom. The number of carbonyl (C=O) groups excluding carboxylic acids is 2. The third kappa shape index (κ3) is 5.80. The number of benzene rings is 1. The average molecular weight is 475 g/mol. The monoisotopic (exact) mass is 474 g/mol. The largest absolute Gasteiger partial charge is 0.464 e. The Kier molecular flexibility index (Phi) is 7.14. The fourth-order valence-electron chi connectivity index (χ4n) is 4.23. The fourth-order valence-corrected chi connectivity index (χ4v) is 5.39. The molecule has 1 fully saturated rings. The first-order valence-electron chi connectivity index (χ1n) is 11.2. The number of fused-ring (bicyclic) bond motifs is 2. The number of hydrogen-bond donors (Lipinski definition) is 2. The molecule has 0 bridgehead atoms. The molecule has 4 rings (SSSR count). The lowest BCUT2D eigenvalue weighted by Crippen LogP contribution is -2.60.